The Morgan fingerprint density at radius 1 is 0.700 bits per heavy atom. The molecule has 0 bridgehead atoms. The van der Waals surface area contributed by atoms with E-state index in [4.69, 9.17) is 14.3 Å². The molecule has 3 nitrogen and oxygen atoms in total. The summed E-state index contributed by atoms with van der Waals surface area (Å²) in [6.45, 7) is 6.84. The molecule has 0 N–H and O–H groups in total. The molecule has 1 atom stereocenters. The third-order valence-electron chi connectivity index (χ3n) is 7.31. The Labute approximate surface area is 267 Å². The van der Waals surface area contributed by atoms with Crippen molar-refractivity contribution >= 4 is 54.7 Å². The zero-order chi connectivity index (χ0) is 39.0. The average Bonchev–Trinajstić information content (AvgIpc) is 3.44. The molecule has 0 fully saturated rings. The van der Waals surface area contributed by atoms with Crippen molar-refractivity contribution in [2.45, 2.75) is 33.9 Å². The number of nitrogens with zero attached hydrogens (tertiary/aromatic N) is 2. The quantitative estimate of drug-likeness (QED) is 0.141. The molecule has 1 aliphatic heterocycles. The fraction of sp³-hybridized carbons (Fsp3) is 0.167. The van der Waals surface area contributed by atoms with Gasteiger partial charge in [0.2, 0.25) is 0 Å². The molecule has 1 aliphatic rings. The molecule has 40 heavy (non-hydrogen) atoms. The molecule has 4 heteroatoms. The maximum Gasteiger partial charge on any atom is 1.00 e. The van der Waals surface area contributed by atoms with Crippen molar-refractivity contribution in [2.24, 2.45) is 0 Å². The molecule has 0 saturated carbocycles. The van der Waals surface area contributed by atoms with Crippen molar-refractivity contribution in [3.63, 3.8) is 0 Å². The van der Waals surface area contributed by atoms with Gasteiger partial charge >= 0.3 is 19.5 Å². The zero-order valence-corrected chi connectivity index (χ0v) is 24.0. The topological polar surface area (TPSA) is 17.4 Å². The van der Waals surface area contributed by atoms with Gasteiger partial charge in [0, 0.05) is 16.5 Å². The number of methoxy groups -OCH3 is 1. The first-order valence-corrected chi connectivity index (χ1v) is 12.4. The predicted molar refractivity (Wildman–Crippen MR) is 165 cm³/mol. The van der Waals surface area contributed by atoms with Crippen LogP contribution in [0.3, 0.4) is 0 Å². The first kappa shape index (κ1) is 14.7. The van der Waals surface area contributed by atoms with Gasteiger partial charge in [-0.15, -0.1) is 12.1 Å². The van der Waals surface area contributed by atoms with Crippen LogP contribution in [0.1, 0.15) is 49.0 Å². The van der Waals surface area contributed by atoms with E-state index in [2.05, 4.69) is 6.07 Å². The maximum absolute atomic E-state index is 9.39. The molecule has 6 aromatic rings. The molecule has 1 radical (unpaired) electrons. The summed E-state index contributed by atoms with van der Waals surface area (Å²) in [5, 5.41) is -1.86. The number of ether oxygens (including phenoxy) is 1. The van der Waals surface area contributed by atoms with E-state index in [-0.39, 0.29) is 74.7 Å². The van der Waals surface area contributed by atoms with Crippen LogP contribution in [0.4, 0.5) is 11.4 Å². The van der Waals surface area contributed by atoms with Crippen molar-refractivity contribution in [3.05, 3.63) is 113 Å². The largest absolute Gasteiger partial charge is 1.00 e. The number of hydrogen-bond donors (Lipinski definition) is 0. The van der Waals surface area contributed by atoms with Gasteiger partial charge in [0.15, 0.2) is 0 Å². The molecule has 2 heterocycles. The molecule has 5 aromatic carbocycles. The second-order valence-corrected chi connectivity index (χ2v) is 9.54. The van der Waals surface area contributed by atoms with E-state index < -0.39 is 90.1 Å². The fourth-order valence-electron chi connectivity index (χ4n) is 5.63. The minimum absolute atomic E-state index is 0. The van der Waals surface area contributed by atoms with Gasteiger partial charge in [-0.3, -0.25) is 0 Å². The maximum atomic E-state index is 9.39. The number of para-hydroxylation sites is 2. The first-order valence-electron chi connectivity index (χ1n) is 19.4. The number of aryl methyl sites for hydroxylation is 2. The number of benzene rings is 5. The monoisotopic (exact) mass is 623 g/mol. The van der Waals surface area contributed by atoms with Gasteiger partial charge in [-0.2, -0.15) is 5.56 Å². The van der Waals surface area contributed by atoms with E-state index in [1.165, 1.54) is 14.0 Å². The second kappa shape index (κ2) is 9.95. The van der Waals surface area contributed by atoms with Gasteiger partial charge < -0.3 is 14.2 Å². The van der Waals surface area contributed by atoms with Crippen LogP contribution in [0.5, 0.6) is 5.75 Å². The summed E-state index contributed by atoms with van der Waals surface area (Å²) >= 11 is 0. The zero-order valence-electron chi connectivity index (χ0n) is 36.3. The van der Waals surface area contributed by atoms with E-state index in [0.29, 0.717) is 22.6 Å². The van der Waals surface area contributed by atoms with Gasteiger partial charge in [-0.05, 0) is 47.0 Å². The van der Waals surface area contributed by atoms with E-state index in [0.717, 1.165) is 0 Å². The number of aromatic nitrogens is 1. The van der Waals surface area contributed by atoms with Crippen LogP contribution >= 0.6 is 0 Å². The summed E-state index contributed by atoms with van der Waals surface area (Å²) in [6, 6.07) is -3.62. The Balaban J connectivity index is 0.00000497. The Kier molecular flexibility index (Phi) is 3.65. The SMILES string of the molecule is [2H]c1c([2H])c([2H])c2c(c1[2H])c1c([2H])c([2H])c([2H])c([2H])c1c1c([2H])c([2H])c([2H])c3c1n(c1c(C)c([2H])c([2H])c([2H])c21)[C@H](C)N3c1cc(C)[c-]c(OC)c1C.[Ru+]. The molecular formula is C36H31N2ORu. The van der Waals surface area contributed by atoms with Gasteiger partial charge in [-0.1, -0.05) is 104 Å². The number of hydrogen-bond acceptors (Lipinski definition) is 2. The molecule has 0 aliphatic carbocycles. The van der Waals surface area contributed by atoms with Crippen molar-refractivity contribution in [2.75, 3.05) is 12.0 Å². The third-order valence-corrected chi connectivity index (χ3v) is 7.31. The minimum atomic E-state index is -0.928. The smallest absolute Gasteiger partial charge is 0.522 e. The molecular weight excluding hydrogens is 577 g/mol. The van der Waals surface area contributed by atoms with Crippen LogP contribution in [0.2, 0.25) is 0 Å². The molecule has 0 amide bonds. The molecule has 0 unspecified atom stereocenters. The molecule has 1 aromatic heterocycles. The standard InChI is InChI=1S/C36H31N2O.Ru/c1-22-20-33(24(3)34(21-22)39-5)37-25(4)38-35-23(2)12-10-17-30(35)28-15-8-6-13-26(28)27-14-7-9-16-29(27)31-18-11-19-32(37)36(31)38;/h6-20,25H,1-5H3;/q-1;+1/t25-;/m1./s1/i6D,7D,8D,9D,10D,11D,12D,13D,14D,15D,16D,17D,18D,19D;. The Morgan fingerprint density at radius 2 is 1.23 bits per heavy atom. The Hall–Kier alpha value is -3.88. The second-order valence-electron chi connectivity index (χ2n) is 9.54. The number of fused-ring (bicyclic) bond motifs is 7. The van der Waals surface area contributed by atoms with Crippen molar-refractivity contribution in [1.82, 2.24) is 4.57 Å². The summed E-state index contributed by atoms with van der Waals surface area (Å²) in [5.41, 5.74) is 2.02. The van der Waals surface area contributed by atoms with Crippen molar-refractivity contribution < 1.29 is 43.4 Å². The van der Waals surface area contributed by atoms with Crippen LogP contribution in [-0.4, -0.2) is 11.7 Å². The summed E-state index contributed by atoms with van der Waals surface area (Å²) in [7, 11) is 1.48. The normalized spacial score (nSPS) is 19.0. The summed E-state index contributed by atoms with van der Waals surface area (Å²) < 4.78 is 134. The van der Waals surface area contributed by atoms with E-state index in [9.17, 15) is 9.60 Å². The van der Waals surface area contributed by atoms with Crippen LogP contribution in [0, 0.1) is 26.8 Å². The third kappa shape index (κ3) is 3.73. The van der Waals surface area contributed by atoms with Crippen LogP contribution in [-0.2, 0) is 19.5 Å². The summed E-state index contributed by atoms with van der Waals surface area (Å²) in [4.78, 5) is 1.72. The van der Waals surface area contributed by atoms with E-state index >= 15 is 0 Å². The number of anilines is 2. The Bertz CT molecular complexity index is 2780. The minimum Gasteiger partial charge on any atom is -0.522 e. The summed E-state index contributed by atoms with van der Waals surface area (Å²) in [6.07, 6.45) is -0.928. The van der Waals surface area contributed by atoms with Gasteiger partial charge in [0.1, 0.15) is 6.17 Å². The van der Waals surface area contributed by atoms with Crippen LogP contribution in [0.25, 0.3) is 43.4 Å². The van der Waals surface area contributed by atoms with Crippen molar-refractivity contribution in [1.29, 1.82) is 0 Å². The van der Waals surface area contributed by atoms with E-state index in [1.807, 2.05) is 0 Å². The van der Waals surface area contributed by atoms with Gasteiger partial charge in [-0.25, -0.2) is 0 Å². The van der Waals surface area contributed by atoms with Crippen LogP contribution in [0.15, 0.2) is 90.7 Å². The first-order chi connectivity index (χ1) is 24.8. The molecule has 199 valence electrons. The summed E-state index contributed by atoms with van der Waals surface area (Å²) in [5.74, 6) is 0.394. The van der Waals surface area contributed by atoms with Gasteiger partial charge in [0.05, 0.1) is 43.0 Å². The van der Waals surface area contributed by atoms with Crippen molar-refractivity contribution in [3.8, 4) is 5.75 Å². The van der Waals surface area contributed by atoms with Gasteiger partial charge in [0.25, 0.3) is 0 Å². The Morgan fingerprint density at radius 3 is 1.82 bits per heavy atom. The molecule has 0 spiro atoms. The molecule has 0 saturated heterocycles. The van der Waals surface area contributed by atoms with E-state index in [1.54, 1.807) is 36.3 Å². The molecule has 7 rings (SSSR count). The predicted octanol–water partition coefficient (Wildman–Crippen LogP) is 9.63. The van der Waals surface area contributed by atoms with Crippen LogP contribution < -0.4 is 9.64 Å². The fourth-order valence-corrected chi connectivity index (χ4v) is 5.63. The average molecular weight is 623 g/mol. The number of rotatable bonds is 2.